The third kappa shape index (κ3) is 3.24. The molecule has 102 valence electrons. The van der Waals surface area contributed by atoms with E-state index in [1.54, 1.807) is 4.90 Å². The first kappa shape index (κ1) is 13.4. The SMILES string of the molecule is Cc1cccc(C)c1NCC(=O)N1CCNC(=O)C1. The van der Waals surface area contributed by atoms with Gasteiger partial charge in [0.25, 0.3) is 0 Å². The number of aryl methyl sites for hydroxylation is 2. The normalized spacial score (nSPS) is 15.1. The number of nitrogens with zero attached hydrogens (tertiary/aromatic N) is 1. The van der Waals surface area contributed by atoms with Crippen molar-refractivity contribution in [1.82, 2.24) is 10.2 Å². The molecule has 1 heterocycles. The van der Waals surface area contributed by atoms with Crippen molar-refractivity contribution in [3.05, 3.63) is 29.3 Å². The fraction of sp³-hybridized carbons (Fsp3) is 0.429. The van der Waals surface area contributed by atoms with E-state index in [2.05, 4.69) is 10.6 Å². The first-order valence-electron chi connectivity index (χ1n) is 6.42. The molecule has 1 fully saturated rings. The number of carbonyl (C=O) groups is 2. The molecule has 1 saturated heterocycles. The van der Waals surface area contributed by atoms with E-state index in [0.717, 1.165) is 16.8 Å². The number of benzene rings is 1. The van der Waals surface area contributed by atoms with Crippen LogP contribution in [0.4, 0.5) is 5.69 Å². The van der Waals surface area contributed by atoms with Gasteiger partial charge in [0.05, 0.1) is 13.1 Å². The largest absolute Gasteiger partial charge is 0.376 e. The average Bonchev–Trinajstić information content (AvgIpc) is 2.38. The van der Waals surface area contributed by atoms with E-state index in [0.29, 0.717) is 13.1 Å². The molecule has 19 heavy (non-hydrogen) atoms. The van der Waals surface area contributed by atoms with E-state index in [-0.39, 0.29) is 24.9 Å². The molecule has 0 aliphatic carbocycles. The zero-order valence-corrected chi connectivity index (χ0v) is 11.3. The molecule has 1 aromatic carbocycles. The Kier molecular flexibility index (Phi) is 4.04. The van der Waals surface area contributed by atoms with Gasteiger partial charge < -0.3 is 15.5 Å². The molecule has 0 saturated carbocycles. The number of nitrogens with one attached hydrogen (secondary N) is 2. The van der Waals surface area contributed by atoms with Gasteiger partial charge in [0.1, 0.15) is 0 Å². The zero-order chi connectivity index (χ0) is 13.8. The van der Waals surface area contributed by atoms with Crippen LogP contribution in [0.2, 0.25) is 0 Å². The smallest absolute Gasteiger partial charge is 0.242 e. The van der Waals surface area contributed by atoms with Crippen molar-refractivity contribution in [1.29, 1.82) is 0 Å². The van der Waals surface area contributed by atoms with Crippen molar-refractivity contribution >= 4 is 17.5 Å². The Morgan fingerprint density at radius 3 is 2.68 bits per heavy atom. The minimum Gasteiger partial charge on any atom is -0.376 e. The van der Waals surface area contributed by atoms with Crippen LogP contribution < -0.4 is 10.6 Å². The summed E-state index contributed by atoms with van der Waals surface area (Å²) in [6.07, 6.45) is 0. The molecule has 2 rings (SSSR count). The first-order valence-corrected chi connectivity index (χ1v) is 6.42. The Morgan fingerprint density at radius 2 is 2.05 bits per heavy atom. The fourth-order valence-corrected chi connectivity index (χ4v) is 2.22. The van der Waals surface area contributed by atoms with E-state index in [1.807, 2.05) is 32.0 Å². The minimum atomic E-state index is -0.0910. The maximum atomic E-state index is 12.0. The lowest BCUT2D eigenvalue weighted by molar-refractivity contribution is -0.136. The molecule has 0 unspecified atom stereocenters. The molecule has 2 amide bonds. The summed E-state index contributed by atoms with van der Waals surface area (Å²) in [6.45, 7) is 5.52. The molecule has 1 aliphatic heterocycles. The van der Waals surface area contributed by atoms with E-state index >= 15 is 0 Å². The number of carbonyl (C=O) groups excluding carboxylic acids is 2. The van der Waals surface area contributed by atoms with Gasteiger partial charge in [0, 0.05) is 18.8 Å². The highest BCUT2D eigenvalue weighted by Gasteiger charge is 2.20. The van der Waals surface area contributed by atoms with Crippen LogP contribution in [0.5, 0.6) is 0 Å². The summed E-state index contributed by atoms with van der Waals surface area (Å²) in [7, 11) is 0. The molecular formula is C14H19N3O2. The highest BCUT2D eigenvalue weighted by Crippen LogP contribution is 2.18. The first-order chi connectivity index (χ1) is 9.08. The van der Waals surface area contributed by atoms with Gasteiger partial charge in [-0.15, -0.1) is 0 Å². The Hall–Kier alpha value is -2.04. The Bertz CT molecular complexity index is 479. The van der Waals surface area contributed by atoms with Gasteiger partial charge in [-0.05, 0) is 25.0 Å². The average molecular weight is 261 g/mol. The lowest BCUT2D eigenvalue weighted by Crippen LogP contribution is -2.51. The summed E-state index contributed by atoms with van der Waals surface area (Å²) in [6, 6.07) is 6.01. The van der Waals surface area contributed by atoms with Gasteiger partial charge in [-0.1, -0.05) is 18.2 Å². The molecule has 2 N–H and O–H groups in total. The topological polar surface area (TPSA) is 61.4 Å². The van der Waals surface area contributed by atoms with E-state index < -0.39 is 0 Å². The molecular weight excluding hydrogens is 242 g/mol. The molecule has 0 bridgehead atoms. The van der Waals surface area contributed by atoms with Crippen molar-refractivity contribution < 1.29 is 9.59 Å². The quantitative estimate of drug-likeness (QED) is 0.841. The van der Waals surface area contributed by atoms with Crippen LogP contribution in [0, 0.1) is 13.8 Å². The number of rotatable bonds is 3. The van der Waals surface area contributed by atoms with Crippen LogP contribution in [0.1, 0.15) is 11.1 Å². The Labute approximate surface area is 113 Å². The maximum Gasteiger partial charge on any atom is 0.242 e. The van der Waals surface area contributed by atoms with Gasteiger partial charge in [0.15, 0.2) is 0 Å². The Morgan fingerprint density at radius 1 is 1.37 bits per heavy atom. The molecule has 5 nitrogen and oxygen atoms in total. The number of piperazine rings is 1. The lowest BCUT2D eigenvalue weighted by Gasteiger charge is -2.27. The highest BCUT2D eigenvalue weighted by atomic mass is 16.2. The van der Waals surface area contributed by atoms with Crippen molar-refractivity contribution in [2.75, 3.05) is 31.5 Å². The number of amides is 2. The molecule has 0 atom stereocenters. The molecule has 5 heteroatoms. The third-order valence-electron chi connectivity index (χ3n) is 3.29. The van der Waals surface area contributed by atoms with Crippen LogP contribution in [-0.2, 0) is 9.59 Å². The summed E-state index contributed by atoms with van der Waals surface area (Å²) < 4.78 is 0. The molecule has 1 aliphatic rings. The van der Waals surface area contributed by atoms with E-state index in [4.69, 9.17) is 0 Å². The highest BCUT2D eigenvalue weighted by molar-refractivity contribution is 5.88. The maximum absolute atomic E-state index is 12.0. The minimum absolute atomic E-state index is 0.0440. The van der Waals surface area contributed by atoms with Crippen molar-refractivity contribution in [2.24, 2.45) is 0 Å². The fourth-order valence-electron chi connectivity index (χ4n) is 2.22. The van der Waals surface area contributed by atoms with Crippen LogP contribution in [-0.4, -0.2) is 42.9 Å². The van der Waals surface area contributed by atoms with Crippen LogP contribution in [0.15, 0.2) is 18.2 Å². The zero-order valence-electron chi connectivity index (χ0n) is 11.3. The molecule has 1 aromatic rings. The van der Waals surface area contributed by atoms with Gasteiger partial charge in [-0.25, -0.2) is 0 Å². The predicted octanol–water partition coefficient (Wildman–Crippen LogP) is 0.674. The Balaban J connectivity index is 1.95. The van der Waals surface area contributed by atoms with Crippen molar-refractivity contribution in [3.63, 3.8) is 0 Å². The summed E-state index contributed by atoms with van der Waals surface area (Å²) in [4.78, 5) is 24.8. The standard InChI is InChI=1S/C14H19N3O2/c1-10-4-3-5-11(2)14(10)16-8-13(19)17-7-6-15-12(18)9-17/h3-5,16H,6-9H2,1-2H3,(H,15,18). The van der Waals surface area contributed by atoms with Crippen LogP contribution in [0.25, 0.3) is 0 Å². The number of para-hydroxylation sites is 1. The predicted molar refractivity (Wildman–Crippen MR) is 74.0 cm³/mol. The van der Waals surface area contributed by atoms with Crippen molar-refractivity contribution in [3.8, 4) is 0 Å². The summed E-state index contributed by atoms with van der Waals surface area (Å²) in [5, 5.41) is 5.88. The number of hydrogen-bond acceptors (Lipinski definition) is 3. The van der Waals surface area contributed by atoms with E-state index in [9.17, 15) is 9.59 Å². The summed E-state index contributed by atoms with van der Waals surface area (Å²) in [5.74, 6) is -0.135. The second kappa shape index (κ2) is 5.73. The van der Waals surface area contributed by atoms with Crippen molar-refractivity contribution in [2.45, 2.75) is 13.8 Å². The third-order valence-corrected chi connectivity index (χ3v) is 3.29. The van der Waals surface area contributed by atoms with Gasteiger partial charge in [0.2, 0.25) is 11.8 Å². The van der Waals surface area contributed by atoms with E-state index in [1.165, 1.54) is 0 Å². The number of anilines is 1. The van der Waals surface area contributed by atoms with Gasteiger partial charge in [-0.2, -0.15) is 0 Å². The molecule has 0 spiro atoms. The lowest BCUT2D eigenvalue weighted by atomic mass is 10.1. The molecule has 0 aromatic heterocycles. The second-order valence-electron chi connectivity index (χ2n) is 4.79. The molecule has 0 radical (unpaired) electrons. The van der Waals surface area contributed by atoms with Crippen LogP contribution >= 0.6 is 0 Å². The number of hydrogen-bond donors (Lipinski definition) is 2. The monoisotopic (exact) mass is 261 g/mol. The second-order valence-corrected chi connectivity index (χ2v) is 4.79. The van der Waals surface area contributed by atoms with Crippen LogP contribution in [0.3, 0.4) is 0 Å². The summed E-state index contributed by atoms with van der Waals surface area (Å²) in [5.41, 5.74) is 3.23. The van der Waals surface area contributed by atoms with Gasteiger partial charge in [-0.3, -0.25) is 9.59 Å². The van der Waals surface area contributed by atoms with Gasteiger partial charge >= 0.3 is 0 Å². The summed E-state index contributed by atoms with van der Waals surface area (Å²) >= 11 is 0.